The van der Waals surface area contributed by atoms with Gasteiger partial charge in [-0.15, -0.1) is 0 Å². The predicted octanol–water partition coefficient (Wildman–Crippen LogP) is 2.77. The number of carbonyl (C=O) groups is 2. The maximum atomic E-state index is 13.2. The Labute approximate surface area is 195 Å². The van der Waals surface area contributed by atoms with Gasteiger partial charge in [0, 0.05) is 38.3 Å². The molecule has 2 amide bonds. The zero-order valence-electron chi connectivity index (χ0n) is 19.3. The summed E-state index contributed by atoms with van der Waals surface area (Å²) in [5.74, 6) is 2.75. The number of amides is 2. The number of nitrogens with zero attached hydrogens (tertiary/aromatic N) is 3. The smallest absolute Gasteiger partial charge is 0.268 e. The minimum atomic E-state index is -0.0255. The van der Waals surface area contributed by atoms with Crippen molar-refractivity contribution in [1.29, 1.82) is 0 Å². The summed E-state index contributed by atoms with van der Waals surface area (Å²) < 4.78 is 1.88. The second-order valence-corrected chi connectivity index (χ2v) is 11.4. The third kappa shape index (κ3) is 4.05. The van der Waals surface area contributed by atoms with E-state index in [2.05, 4.69) is 10.3 Å². The molecule has 3 heterocycles. The number of hydrogen-bond donors (Lipinski definition) is 2. The average molecular weight is 450 g/mol. The SMILES string of the molecule is N[C@@H]1CCN(C(=O)CCc2cn3c(C(=O)NCC45CC6CC(CC(C6)C4)C5)cccc3n2)C1. The summed E-state index contributed by atoms with van der Waals surface area (Å²) in [7, 11) is 0. The molecule has 3 N–H and O–H groups in total. The molecule has 2 aromatic rings. The molecule has 4 aliphatic carbocycles. The van der Waals surface area contributed by atoms with Crippen LogP contribution in [0.4, 0.5) is 0 Å². The van der Waals surface area contributed by atoms with E-state index in [0.717, 1.165) is 48.6 Å². The molecule has 4 bridgehead atoms. The van der Waals surface area contributed by atoms with E-state index in [-0.39, 0.29) is 17.9 Å². The standard InChI is InChI=1S/C26H35N5O2/c27-20-6-7-30(14-20)24(32)5-4-21-15-31-22(2-1-3-23(31)29-21)25(33)28-16-26-11-17-8-18(12-26)10-19(9-17)13-26/h1-3,15,17-20H,4-14,16,27H2,(H,28,33)/t17?,18?,19?,20-,26?/m1/s1. The second kappa shape index (κ2) is 8.12. The number of likely N-dealkylation sites (tertiary alicyclic amines) is 1. The normalized spacial score (nSPS) is 32.6. The van der Waals surface area contributed by atoms with Crippen molar-refractivity contribution >= 4 is 17.5 Å². The third-order valence-corrected chi connectivity index (χ3v) is 8.74. The highest BCUT2D eigenvalue weighted by atomic mass is 16.2. The van der Waals surface area contributed by atoms with Crippen LogP contribution in [-0.2, 0) is 11.2 Å². The number of rotatable bonds is 6. The van der Waals surface area contributed by atoms with Crippen LogP contribution < -0.4 is 11.1 Å². The van der Waals surface area contributed by atoms with Crippen molar-refractivity contribution in [3.05, 3.63) is 35.8 Å². The maximum Gasteiger partial charge on any atom is 0.268 e. The van der Waals surface area contributed by atoms with E-state index in [1.54, 1.807) is 0 Å². The van der Waals surface area contributed by atoms with E-state index in [1.807, 2.05) is 33.7 Å². The lowest BCUT2D eigenvalue weighted by molar-refractivity contribution is -0.130. The van der Waals surface area contributed by atoms with Crippen LogP contribution in [0.15, 0.2) is 24.4 Å². The van der Waals surface area contributed by atoms with E-state index in [4.69, 9.17) is 5.73 Å². The number of nitrogens with one attached hydrogen (secondary N) is 1. The molecular weight excluding hydrogens is 414 g/mol. The van der Waals surface area contributed by atoms with Crippen LogP contribution in [0.2, 0.25) is 0 Å². The number of hydrogen-bond acceptors (Lipinski definition) is 4. The van der Waals surface area contributed by atoms with E-state index >= 15 is 0 Å². The highest BCUT2D eigenvalue weighted by molar-refractivity contribution is 5.93. The molecule has 0 radical (unpaired) electrons. The highest BCUT2D eigenvalue weighted by Crippen LogP contribution is 2.59. The molecule has 0 aromatic carbocycles. The van der Waals surface area contributed by atoms with Gasteiger partial charge < -0.3 is 16.0 Å². The molecule has 7 nitrogen and oxygen atoms in total. The van der Waals surface area contributed by atoms with Crippen molar-refractivity contribution in [2.24, 2.45) is 28.9 Å². The maximum absolute atomic E-state index is 13.2. The number of nitrogens with two attached hydrogens (primary N) is 1. The Balaban J connectivity index is 1.12. The van der Waals surface area contributed by atoms with Gasteiger partial charge in [0.2, 0.25) is 5.91 Å². The fourth-order valence-electron chi connectivity index (χ4n) is 7.64. The molecule has 7 heteroatoms. The topological polar surface area (TPSA) is 92.7 Å². The number of imidazole rings is 1. The van der Waals surface area contributed by atoms with Gasteiger partial charge in [0.05, 0.1) is 5.69 Å². The van der Waals surface area contributed by atoms with Crippen LogP contribution in [0.1, 0.15) is 67.5 Å². The lowest BCUT2D eigenvalue weighted by Crippen LogP contribution is -2.51. The molecular formula is C26H35N5O2. The Hall–Kier alpha value is -2.41. The second-order valence-electron chi connectivity index (χ2n) is 11.4. The van der Waals surface area contributed by atoms with Gasteiger partial charge in [0.25, 0.3) is 5.91 Å². The molecule has 4 saturated carbocycles. The van der Waals surface area contributed by atoms with Crippen LogP contribution in [0, 0.1) is 23.2 Å². The van der Waals surface area contributed by atoms with Gasteiger partial charge in [0.15, 0.2) is 0 Å². The minimum absolute atomic E-state index is 0.0255. The zero-order chi connectivity index (χ0) is 22.6. The molecule has 176 valence electrons. The van der Waals surface area contributed by atoms with Crippen molar-refractivity contribution in [2.75, 3.05) is 19.6 Å². The molecule has 7 rings (SSSR count). The first-order valence-corrected chi connectivity index (χ1v) is 12.7. The Kier molecular flexibility index (Phi) is 5.20. The number of aryl methyl sites for hydroxylation is 1. The number of carbonyl (C=O) groups excluding carboxylic acids is 2. The van der Waals surface area contributed by atoms with Crippen molar-refractivity contribution in [1.82, 2.24) is 19.6 Å². The summed E-state index contributed by atoms with van der Waals surface area (Å²) in [6.07, 6.45) is 11.9. The third-order valence-electron chi connectivity index (χ3n) is 8.74. The Morgan fingerprint density at radius 2 is 1.85 bits per heavy atom. The molecule has 1 saturated heterocycles. The van der Waals surface area contributed by atoms with Crippen molar-refractivity contribution < 1.29 is 9.59 Å². The quantitative estimate of drug-likeness (QED) is 0.709. The molecule has 0 spiro atoms. The van der Waals surface area contributed by atoms with Gasteiger partial charge in [-0.05, 0) is 86.7 Å². The summed E-state index contributed by atoms with van der Waals surface area (Å²) in [5, 5.41) is 3.29. The van der Waals surface area contributed by atoms with E-state index in [0.29, 0.717) is 30.5 Å². The van der Waals surface area contributed by atoms with E-state index < -0.39 is 0 Å². The van der Waals surface area contributed by atoms with Gasteiger partial charge in [-0.2, -0.15) is 0 Å². The van der Waals surface area contributed by atoms with Crippen molar-refractivity contribution in [3.63, 3.8) is 0 Å². The van der Waals surface area contributed by atoms with Gasteiger partial charge in [0.1, 0.15) is 11.3 Å². The Bertz CT molecular complexity index is 1040. The number of pyridine rings is 1. The number of fused-ring (bicyclic) bond motifs is 1. The first-order chi connectivity index (χ1) is 16.0. The highest BCUT2D eigenvalue weighted by Gasteiger charge is 2.50. The monoisotopic (exact) mass is 449 g/mol. The zero-order valence-corrected chi connectivity index (χ0v) is 19.3. The first-order valence-electron chi connectivity index (χ1n) is 12.7. The van der Waals surface area contributed by atoms with Crippen LogP contribution in [0.5, 0.6) is 0 Å². The lowest BCUT2D eigenvalue weighted by atomic mass is 9.49. The van der Waals surface area contributed by atoms with E-state index in [9.17, 15) is 9.59 Å². The van der Waals surface area contributed by atoms with Crippen molar-refractivity contribution in [3.8, 4) is 0 Å². The summed E-state index contributed by atoms with van der Waals surface area (Å²) in [6, 6.07) is 5.77. The van der Waals surface area contributed by atoms with Crippen molar-refractivity contribution in [2.45, 2.75) is 63.8 Å². The molecule has 5 fully saturated rings. The Morgan fingerprint density at radius 3 is 2.52 bits per heavy atom. The van der Waals surface area contributed by atoms with Gasteiger partial charge >= 0.3 is 0 Å². The summed E-state index contributed by atoms with van der Waals surface area (Å²) in [4.78, 5) is 32.2. The lowest BCUT2D eigenvalue weighted by Gasteiger charge is -2.56. The molecule has 1 atom stereocenters. The molecule has 2 aromatic heterocycles. The summed E-state index contributed by atoms with van der Waals surface area (Å²) >= 11 is 0. The Morgan fingerprint density at radius 1 is 1.12 bits per heavy atom. The van der Waals surface area contributed by atoms with Crippen LogP contribution in [0.25, 0.3) is 5.65 Å². The molecule has 1 aliphatic heterocycles. The first kappa shape index (κ1) is 21.1. The molecule has 33 heavy (non-hydrogen) atoms. The van der Waals surface area contributed by atoms with Crippen LogP contribution >= 0.6 is 0 Å². The summed E-state index contributed by atoms with van der Waals surface area (Å²) in [5.41, 5.74) is 8.46. The minimum Gasteiger partial charge on any atom is -0.350 e. The average Bonchev–Trinajstić information content (AvgIpc) is 3.40. The van der Waals surface area contributed by atoms with Gasteiger partial charge in [-0.25, -0.2) is 4.98 Å². The van der Waals surface area contributed by atoms with Crippen LogP contribution in [-0.4, -0.2) is 51.8 Å². The van der Waals surface area contributed by atoms with Gasteiger partial charge in [-0.3, -0.25) is 14.0 Å². The largest absolute Gasteiger partial charge is 0.350 e. The fraction of sp³-hybridized carbons (Fsp3) is 0.654. The predicted molar refractivity (Wildman–Crippen MR) is 126 cm³/mol. The fourth-order valence-corrected chi connectivity index (χ4v) is 7.64. The molecule has 5 aliphatic rings. The number of aromatic nitrogens is 2. The van der Waals surface area contributed by atoms with Crippen LogP contribution in [0.3, 0.4) is 0 Å². The van der Waals surface area contributed by atoms with Gasteiger partial charge in [-0.1, -0.05) is 6.07 Å². The summed E-state index contributed by atoms with van der Waals surface area (Å²) in [6.45, 7) is 2.19. The van der Waals surface area contributed by atoms with E-state index in [1.165, 1.54) is 38.5 Å². The molecule has 0 unspecified atom stereocenters.